The van der Waals surface area contributed by atoms with Crippen LogP contribution in [0.25, 0.3) is 10.9 Å². The highest BCUT2D eigenvalue weighted by atomic mass is 32.2. The Morgan fingerprint density at radius 3 is 2.72 bits per heavy atom. The summed E-state index contributed by atoms with van der Waals surface area (Å²) < 4.78 is 23.2. The van der Waals surface area contributed by atoms with Crippen molar-refractivity contribution in [2.45, 2.75) is 31.7 Å². The third kappa shape index (κ3) is 3.48. The van der Waals surface area contributed by atoms with Crippen molar-refractivity contribution in [3.05, 3.63) is 40.4 Å². The molecule has 134 valence electrons. The molecule has 1 unspecified atom stereocenters. The zero-order valence-corrected chi connectivity index (χ0v) is 15.0. The lowest BCUT2D eigenvalue weighted by molar-refractivity contribution is 0.202. The van der Waals surface area contributed by atoms with Crippen LogP contribution >= 0.6 is 0 Å². The first-order chi connectivity index (χ1) is 12.0. The number of aromatic amines is 1. The van der Waals surface area contributed by atoms with E-state index in [2.05, 4.69) is 9.88 Å². The summed E-state index contributed by atoms with van der Waals surface area (Å²) in [7, 11) is -2.82. The van der Waals surface area contributed by atoms with Gasteiger partial charge in [0.05, 0.1) is 28.5 Å². The molecule has 1 aromatic heterocycles. The molecule has 0 spiro atoms. The van der Waals surface area contributed by atoms with Gasteiger partial charge in [0.1, 0.15) is 15.7 Å². The molecule has 0 radical (unpaired) electrons. The van der Waals surface area contributed by atoms with Crippen molar-refractivity contribution in [1.82, 2.24) is 14.9 Å². The lowest BCUT2D eigenvalue weighted by Crippen LogP contribution is -2.35. The first-order valence-corrected chi connectivity index (χ1v) is 10.8. The third-order valence-corrected chi connectivity index (χ3v) is 7.19. The first kappa shape index (κ1) is 16.7. The van der Waals surface area contributed by atoms with Crippen molar-refractivity contribution in [1.29, 1.82) is 0 Å². The molecule has 2 fully saturated rings. The molecule has 2 saturated heterocycles. The zero-order valence-electron chi connectivity index (χ0n) is 14.1. The molecule has 2 aliphatic heterocycles. The number of nitrogens with one attached hydrogen (secondary N) is 1. The number of fused-ring (bicyclic) bond motifs is 1. The molecule has 4 rings (SSSR count). The van der Waals surface area contributed by atoms with Crippen molar-refractivity contribution in [2.24, 2.45) is 5.92 Å². The molecule has 7 heteroatoms. The second-order valence-corrected chi connectivity index (χ2v) is 9.52. The van der Waals surface area contributed by atoms with Crippen LogP contribution < -0.4 is 5.56 Å². The van der Waals surface area contributed by atoms with Crippen molar-refractivity contribution in [2.75, 3.05) is 24.6 Å². The first-order valence-electron chi connectivity index (χ1n) is 8.95. The van der Waals surface area contributed by atoms with Crippen LogP contribution in [0.4, 0.5) is 0 Å². The van der Waals surface area contributed by atoms with E-state index in [1.165, 1.54) is 0 Å². The van der Waals surface area contributed by atoms with Crippen LogP contribution in [0.15, 0.2) is 29.1 Å². The zero-order chi connectivity index (χ0) is 17.4. The molecule has 0 aliphatic carbocycles. The van der Waals surface area contributed by atoms with Gasteiger partial charge in [-0.05, 0) is 50.3 Å². The van der Waals surface area contributed by atoms with E-state index < -0.39 is 9.84 Å². The molecule has 0 bridgehead atoms. The number of nitrogens with zero attached hydrogens (tertiary/aromatic N) is 2. The summed E-state index contributed by atoms with van der Waals surface area (Å²) in [4.78, 5) is 22.4. The maximum atomic E-state index is 12.3. The Hall–Kier alpha value is -1.73. The average Bonchev–Trinajstić information content (AvgIpc) is 3.05. The van der Waals surface area contributed by atoms with Crippen molar-refractivity contribution >= 4 is 20.7 Å². The number of aromatic nitrogens is 2. The number of rotatable bonds is 3. The largest absolute Gasteiger partial charge is 0.309 e. The number of hydrogen-bond donors (Lipinski definition) is 1. The van der Waals surface area contributed by atoms with Crippen LogP contribution in [-0.4, -0.2) is 47.9 Å². The van der Waals surface area contributed by atoms with Gasteiger partial charge in [0.2, 0.25) is 0 Å². The van der Waals surface area contributed by atoms with Crippen LogP contribution in [0.5, 0.6) is 0 Å². The quantitative estimate of drug-likeness (QED) is 0.902. The molecule has 25 heavy (non-hydrogen) atoms. The molecule has 1 N–H and O–H groups in total. The Kier molecular flexibility index (Phi) is 4.37. The maximum Gasteiger partial charge on any atom is 0.258 e. The van der Waals surface area contributed by atoms with Crippen LogP contribution in [0.2, 0.25) is 0 Å². The summed E-state index contributed by atoms with van der Waals surface area (Å²) in [6.45, 7) is 1.86. The highest BCUT2D eigenvalue weighted by Crippen LogP contribution is 2.32. The van der Waals surface area contributed by atoms with Crippen molar-refractivity contribution < 1.29 is 8.42 Å². The average molecular weight is 361 g/mol. The lowest BCUT2D eigenvalue weighted by atomic mass is 10.0. The Bertz CT molecular complexity index is 924. The molecule has 1 atom stereocenters. The van der Waals surface area contributed by atoms with Gasteiger partial charge >= 0.3 is 0 Å². The van der Waals surface area contributed by atoms with Gasteiger partial charge in [-0.3, -0.25) is 9.69 Å². The monoisotopic (exact) mass is 361 g/mol. The lowest BCUT2D eigenvalue weighted by Gasteiger charge is -2.30. The van der Waals surface area contributed by atoms with E-state index in [9.17, 15) is 13.2 Å². The predicted octanol–water partition coefficient (Wildman–Crippen LogP) is 1.88. The number of sulfone groups is 1. The molecule has 3 heterocycles. The molecule has 2 aliphatic rings. The topological polar surface area (TPSA) is 83.1 Å². The number of likely N-dealkylation sites (tertiary alicyclic amines) is 1. The SMILES string of the molecule is O=c1[nH]c(C2CCCN2CC2CCS(=O)(=O)CC2)nc2ccccc12. The minimum atomic E-state index is -2.82. The fraction of sp³-hybridized carbons (Fsp3) is 0.556. The van der Waals surface area contributed by atoms with Gasteiger partial charge < -0.3 is 4.98 Å². The highest BCUT2D eigenvalue weighted by molar-refractivity contribution is 7.91. The van der Waals surface area contributed by atoms with Gasteiger partial charge in [-0.1, -0.05) is 12.1 Å². The minimum Gasteiger partial charge on any atom is -0.309 e. The van der Waals surface area contributed by atoms with Crippen LogP contribution in [0.3, 0.4) is 0 Å². The summed E-state index contributed by atoms with van der Waals surface area (Å²) in [6.07, 6.45) is 3.54. The second kappa shape index (κ2) is 6.53. The number of para-hydroxylation sites is 1. The van der Waals surface area contributed by atoms with Gasteiger partial charge in [-0.25, -0.2) is 13.4 Å². The van der Waals surface area contributed by atoms with E-state index in [0.717, 1.165) is 50.1 Å². The van der Waals surface area contributed by atoms with Crippen LogP contribution in [0, 0.1) is 5.92 Å². The smallest absolute Gasteiger partial charge is 0.258 e. The summed E-state index contributed by atoms with van der Waals surface area (Å²) in [5.74, 6) is 1.77. The van der Waals surface area contributed by atoms with Crippen molar-refractivity contribution in [3.8, 4) is 0 Å². The second-order valence-electron chi connectivity index (χ2n) is 7.22. The third-order valence-electron chi connectivity index (χ3n) is 5.48. The number of benzene rings is 1. The molecule has 0 amide bonds. The van der Waals surface area contributed by atoms with E-state index in [4.69, 9.17) is 4.98 Å². The molecular weight excluding hydrogens is 338 g/mol. The van der Waals surface area contributed by atoms with E-state index in [-0.39, 0.29) is 11.6 Å². The molecular formula is C18H23N3O3S. The van der Waals surface area contributed by atoms with Crippen LogP contribution in [-0.2, 0) is 9.84 Å². The summed E-state index contributed by atoms with van der Waals surface area (Å²) >= 11 is 0. The molecule has 0 saturated carbocycles. The molecule has 2 aromatic rings. The number of hydrogen-bond acceptors (Lipinski definition) is 5. The fourth-order valence-electron chi connectivity index (χ4n) is 4.07. The standard InChI is InChI=1S/C18H23N3O3S/c22-18-14-4-1-2-5-15(14)19-17(20-18)16-6-3-9-21(16)12-13-7-10-25(23,24)11-8-13/h1-2,4-5,13,16H,3,6-12H2,(H,19,20,22). The minimum absolute atomic E-state index is 0.0868. The molecule has 1 aromatic carbocycles. The van der Waals surface area contributed by atoms with Gasteiger partial charge in [-0.2, -0.15) is 0 Å². The Morgan fingerprint density at radius 2 is 1.92 bits per heavy atom. The normalized spacial score (nSPS) is 24.7. The fourth-order valence-corrected chi connectivity index (χ4v) is 5.66. The van der Waals surface area contributed by atoms with Gasteiger partial charge in [0, 0.05) is 6.54 Å². The van der Waals surface area contributed by atoms with Gasteiger partial charge in [-0.15, -0.1) is 0 Å². The van der Waals surface area contributed by atoms with E-state index in [1.54, 1.807) is 6.07 Å². The molecule has 6 nitrogen and oxygen atoms in total. The predicted molar refractivity (Wildman–Crippen MR) is 97.3 cm³/mol. The van der Waals surface area contributed by atoms with E-state index >= 15 is 0 Å². The van der Waals surface area contributed by atoms with E-state index in [0.29, 0.717) is 22.8 Å². The van der Waals surface area contributed by atoms with Crippen LogP contribution in [0.1, 0.15) is 37.5 Å². The van der Waals surface area contributed by atoms with E-state index in [1.807, 2.05) is 18.2 Å². The summed E-state index contributed by atoms with van der Waals surface area (Å²) in [6, 6.07) is 7.53. The Labute approximate surface area is 147 Å². The summed E-state index contributed by atoms with van der Waals surface area (Å²) in [5, 5.41) is 0.619. The number of H-pyrrole nitrogens is 1. The van der Waals surface area contributed by atoms with Gasteiger partial charge in [0.25, 0.3) is 5.56 Å². The van der Waals surface area contributed by atoms with Gasteiger partial charge in [0.15, 0.2) is 0 Å². The Balaban J connectivity index is 1.55. The Morgan fingerprint density at radius 1 is 1.16 bits per heavy atom. The maximum absolute atomic E-state index is 12.3. The highest BCUT2D eigenvalue weighted by Gasteiger charge is 2.32. The van der Waals surface area contributed by atoms with Crippen molar-refractivity contribution in [3.63, 3.8) is 0 Å². The summed E-state index contributed by atoms with van der Waals surface area (Å²) in [5.41, 5.74) is 0.646.